The second kappa shape index (κ2) is 6.74. The molecule has 0 radical (unpaired) electrons. The summed E-state index contributed by atoms with van der Waals surface area (Å²) >= 11 is 0. The van der Waals surface area contributed by atoms with Gasteiger partial charge in [0, 0.05) is 17.5 Å². The molecule has 0 saturated heterocycles. The lowest BCUT2D eigenvalue weighted by atomic mass is 10.2. The molecule has 5 nitrogen and oxygen atoms in total. The number of benzene rings is 2. The topological polar surface area (TPSA) is 72.5 Å². The molecule has 0 unspecified atom stereocenters. The lowest BCUT2D eigenvalue weighted by Crippen LogP contribution is -2.12. The molecular formula is C15H13F2NO4S. The van der Waals surface area contributed by atoms with Crippen LogP contribution in [0.15, 0.2) is 53.4 Å². The van der Waals surface area contributed by atoms with Crippen molar-refractivity contribution in [1.82, 2.24) is 0 Å². The van der Waals surface area contributed by atoms with E-state index in [0.29, 0.717) is 5.69 Å². The number of carbonyl (C=O) groups is 1. The van der Waals surface area contributed by atoms with Gasteiger partial charge in [-0.25, -0.2) is 8.42 Å². The van der Waals surface area contributed by atoms with Crippen LogP contribution in [0.4, 0.5) is 14.5 Å². The van der Waals surface area contributed by atoms with Gasteiger partial charge in [-0.2, -0.15) is 8.78 Å². The molecule has 1 N–H and O–H groups in total. The Hall–Kier alpha value is -2.48. The maximum atomic E-state index is 12.0. The predicted molar refractivity (Wildman–Crippen MR) is 80.6 cm³/mol. The van der Waals surface area contributed by atoms with E-state index in [4.69, 9.17) is 0 Å². The largest absolute Gasteiger partial charge is 0.435 e. The Morgan fingerprint density at radius 2 is 1.61 bits per heavy atom. The second-order valence-corrected chi connectivity index (χ2v) is 6.67. The molecule has 0 heterocycles. The molecule has 1 amide bonds. The molecule has 0 aromatic heterocycles. The molecule has 2 aromatic carbocycles. The standard InChI is InChI=1S/C15H13F2NO4S/c1-23(20,21)13-8-2-10(3-9-13)14(19)18-11-4-6-12(7-5-11)22-15(16)17/h2-9,15H,1H3,(H,18,19). The van der Waals surface area contributed by atoms with Crippen LogP contribution in [0.25, 0.3) is 0 Å². The fraction of sp³-hybridized carbons (Fsp3) is 0.133. The fourth-order valence-electron chi connectivity index (χ4n) is 1.78. The first-order valence-electron chi connectivity index (χ1n) is 6.42. The molecule has 0 fully saturated rings. The molecular weight excluding hydrogens is 328 g/mol. The molecule has 0 atom stereocenters. The molecule has 122 valence electrons. The Labute approximate surface area is 131 Å². The summed E-state index contributed by atoms with van der Waals surface area (Å²) in [5.74, 6) is -0.469. The number of hydrogen-bond acceptors (Lipinski definition) is 4. The van der Waals surface area contributed by atoms with Crippen LogP contribution < -0.4 is 10.1 Å². The zero-order chi connectivity index (χ0) is 17.0. The summed E-state index contributed by atoms with van der Waals surface area (Å²) in [6.45, 7) is -2.91. The monoisotopic (exact) mass is 341 g/mol. The minimum Gasteiger partial charge on any atom is -0.435 e. The van der Waals surface area contributed by atoms with Crippen molar-refractivity contribution in [2.45, 2.75) is 11.5 Å². The number of ether oxygens (including phenoxy) is 1. The Balaban J connectivity index is 2.07. The maximum absolute atomic E-state index is 12.0. The van der Waals surface area contributed by atoms with Gasteiger partial charge in [0.2, 0.25) is 0 Å². The molecule has 2 aromatic rings. The summed E-state index contributed by atoms with van der Waals surface area (Å²) in [6.07, 6.45) is 1.07. The zero-order valence-corrected chi connectivity index (χ0v) is 12.8. The third kappa shape index (κ3) is 4.75. The fourth-order valence-corrected chi connectivity index (χ4v) is 2.41. The van der Waals surface area contributed by atoms with Gasteiger partial charge in [-0.15, -0.1) is 0 Å². The van der Waals surface area contributed by atoms with Crippen LogP contribution in [0.1, 0.15) is 10.4 Å². The van der Waals surface area contributed by atoms with Crippen molar-refractivity contribution in [3.63, 3.8) is 0 Å². The first-order chi connectivity index (χ1) is 10.8. The number of sulfone groups is 1. The number of alkyl halides is 2. The van der Waals surface area contributed by atoms with E-state index in [1.807, 2.05) is 0 Å². The Kier molecular flexibility index (Phi) is 4.95. The summed E-state index contributed by atoms with van der Waals surface area (Å²) in [5.41, 5.74) is 0.661. The van der Waals surface area contributed by atoms with Gasteiger partial charge in [0.1, 0.15) is 5.75 Å². The van der Waals surface area contributed by atoms with Gasteiger partial charge in [-0.1, -0.05) is 0 Å². The van der Waals surface area contributed by atoms with E-state index in [-0.39, 0.29) is 16.2 Å². The lowest BCUT2D eigenvalue weighted by Gasteiger charge is -2.08. The number of rotatable bonds is 5. The first-order valence-corrected chi connectivity index (χ1v) is 8.31. The average molecular weight is 341 g/mol. The highest BCUT2D eigenvalue weighted by atomic mass is 32.2. The van der Waals surface area contributed by atoms with Crippen LogP contribution in [0.5, 0.6) is 5.75 Å². The van der Waals surface area contributed by atoms with Crippen LogP contribution in [-0.4, -0.2) is 27.2 Å². The van der Waals surface area contributed by atoms with Gasteiger partial charge in [0.15, 0.2) is 9.84 Å². The minimum absolute atomic E-state index is 0.0181. The molecule has 8 heteroatoms. The van der Waals surface area contributed by atoms with Crippen LogP contribution in [0.3, 0.4) is 0 Å². The normalized spacial score (nSPS) is 11.3. The van der Waals surface area contributed by atoms with E-state index in [1.54, 1.807) is 0 Å². The van der Waals surface area contributed by atoms with Crippen molar-refractivity contribution in [3.8, 4) is 5.75 Å². The summed E-state index contributed by atoms with van der Waals surface area (Å²) in [6, 6.07) is 10.9. The summed E-state index contributed by atoms with van der Waals surface area (Å²) in [4.78, 5) is 12.1. The number of nitrogens with one attached hydrogen (secondary N) is 1. The Morgan fingerprint density at radius 1 is 1.04 bits per heavy atom. The lowest BCUT2D eigenvalue weighted by molar-refractivity contribution is -0.0498. The van der Waals surface area contributed by atoms with Crippen molar-refractivity contribution < 1.29 is 26.7 Å². The highest BCUT2D eigenvalue weighted by molar-refractivity contribution is 7.90. The van der Waals surface area contributed by atoms with Gasteiger partial charge in [0.05, 0.1) is 4.90 Å². The Morgan fingerprint density at radius 3 is 2.09 bits per heavy atom. The summed E-state index contributed by atoms with van der Waals surface area (Å²) < 4.78 is 51.0. The van der Waals surface area contributed by atoms with Crippen molar-refractivity contribution >= 4 is 21.4 Å². The van der Waals surface area contributed by atoms with Crippen LogP contribution >= 0.6 is 0 Å². The summed E-state index contributed by atoms with van der Waals surface area (Å²) in [7, 11) is -3.33. The van der Waals surface area contributed by atoms with E-state index in [9.17, 15) is 22.0 Å². The van der Waals surface area contributed by atoms with E-state index >= 15 is 0 Å². The number of anilines is 1. The second-order valence-electron chi connectivity index (χ2n) is 4.65. The molecule has 0 aliphatic carbocycles. The third-order valence-corrected chi connectivity index (χ3v) is 4.01. The Bertz CT molecular complexity index is 787. The van der Waals surface area contributed by atoms with Crippen LogP contribution in [-0.2, 0) is 9.84 Å². The highest BCUT2D eigenvalue weighted by Gasteiger charge is 2.10. The molecule has 0 saturated carbocycles. The molecule has 2 rings (SSSR count). The number of amides is 1. The number of hydrogen-bond donors (Lipinski definition) is 1. The van der Waals surface area contributed by atoms with Crippen LogP contribution in [0.2, 0.25) is 0 Å². The van der Waals surface area contributed by atoms with E-state index in [1.165, 1.54) is 48.5 Å². The number of halogens is 2. The smallest absolute Gasteiger partial charge is 0.387 e. The highest BCUT2D eigenvalue weighted by Crippen LogP contribution is 2.18. The van der Waals surface area contributed by atoms with Crippen molar-refractivity contribution in [3.05, 3.63) is 54.1 Å². The van der Waals surface area contributed by atoms with Gasteiger partial charge < -0.3 is 10.1 Å². The number of carbonyl (C=O) groups excluding carboxylic acids is 1. The van der Waals surface area contributed by atoms with E-state index in [0.717, 1.165) is 6.26 Å². The predicted octanol–water partition coefficient (Wildman–Crippen LogP) is 2.94. The average Bonchev–Trinajstić information content (AvgIpc) is 2.48. The van der Waals surface area contributed by atoms with E-state index < -0.39 is 22.4 Å². The van der Waals surface area contributed by atoms with E-state index in [2.05, 4.69) is 10.1 Å². The van der Waals surface area contributed by atoms with Gasteiger partial charge in [-0.05, 0) is 48.5 Å². The van der Waals surface area contributed by atoms with Crippen LogP contribution in [0, 0.1) is 0 Å². The minimum atomic E-state index is -3.33. The summed E-state index contributed by atoms with van der Waals surface area (Å²) in [5, 5.41) is 2.57. The molecule has 0 bridgehead atoms. The molecule has 0 aliphatic heterocycles. The zero-order valence-electron chi connectivity index (χ0n) is 12.0. The van der Waals surface area contributed by atoms with Crippen molar-refractivity contribution in [2.24, 2.45) is 0 Å². The molecule has 0 spiro atoms. The molecule has 23 heavy (non-hydrogen) atoms. The molecule has 0 aliphatic rings. The van der Waals surface area contributed by atoms with Gasteiger partial charge in [-0.3, -0.25) is 4.79 Å². The SMILES string of the molecule is CS(=O)(=O)c1ccc(C(=O)Nc2ccc(OC(F)F)cc2)cc1. The maximum Gasteiger partial charge on any atom is 0.387 e. The van der Waals surface area contributed by atoms with Crippen molar-refractivity contribution in [1.29, 1.82) is 0 Å². The van der Waals surface area contributed by atoms with Crippen molar-refractivity contribution in [2.75, 3.05) is 11.6 Å². The first kappa shape index (κ1) is 16.9. The van der Waals surface area contributed by atoms with Gasteiger partial charge in [0.25, 0.3) is 5.91 Å². The quantitative estimate of drug-likeness (QED) is 0.907. The van der Waals surface area contributed by atoms with Gasteiger partial charge >= 0.3 is 6.61 Å². The third-order valence-electron chi connectivity index (χ3n) is 2.88.